The monoisotopic (exact) mass is 324 g/mol. The molecule has 0 aromatic heterocycles. The van der Waals surface area contributed by atoms with Crippen LogP contribution in [0.15, 0.2) is 24.3 Å². The van der Waals surface area contributed by atoms with E-state index in [0.717, 1.165) is 0 Å². The molecule has 1 heterocycles. The predicted molar refractivity (Wildman–Crippen MR) is 81.3 cm³/mol. The maximum Gasteiger partial charge on any atom is 0.253 e. The number of carbonyl (C=O) groups is 2. The number of carbonyl (C=O) groups excluding carboxylic acids is 2. The van der Waals surface area contributed by atoms with Crippen LogP contribution in [-0.2, 0) is 9.59 Å². The highest BCUT2D eigenvalue weighted by atomic mass is 19.1. The summed E-state index contributed by atoms with van der Waals surface area (Å²) in [6.07, 6.45) is 0.886. The molecule has 23 heavy (non-hydrogen) atoms. The zero-order valence-electron chi connectivity index (χ0n) is 13.0. The minimum atomic E-state index is -1.57. The Morgan fingerprint density at radius 1 is 1.48 bits per heavy atom. The molecule has 1 aliphatic rings. The SMILES string of the molecule is CC(=O)N1CCC[C@](O)(C(=O)NCCOc2cccc(F)c2)C1. The van der Waals surface area contributed by atoms with Crippen LogP contribution in [0.3, 0.4) is 0 Å². The fraction of sp³-hybridized carbons (Fsp3) is 0.500. The van der Waals surface area contributed by atoms with Crippen molar-refractivity contribution in [3.63, 3.8) is 0 Å². The topological polar surface area (TPSA) is 78.9 Å². The zero-order valence-corrected chi connectivity index (χ0v) is 13.0. The molecule has 0 saturated carbocycles. The lowest BCUT2D eigenvalue weighted by molar-refractivity contribution is -0.150. The number of piperidine rings is 1. The quantitative estimate of drug-likeness (QED) is 0.781. The highest BCUT2D eigenvalue weighted by molar-refractivity contribution is 5.86. The van der Waals surface area contributed by atoms with E-state index < -0.39 is 17.3 Å². The average molecular weight is 324 g/mol. The van der Waals surface area contributed by atoms with Crippen molar-refractivity contribution in [3.05, 3.63) is 30.1 Å². The van der Waals surface area contributed by atoms with Gasteiger partial charge in [-0.25, -0.2) is 4.39 Å². The van der Waals surface area contributed by atoms with E-state index in [9.17, 15) is 19.1 Å². The molecule has 1 aromatic carbocycles. The van der Waals surface area contributed by atoms with Crippen LogP contribution in [0.2, 0.25) is 0 Å². The molecule has 1 atom stereocenters. The van der Waals surface area contributed by atoms with E-state index in [1.807, 2.05) is 0 Å². The Kier molecular flexibility index (Phi) is 5.54. The van der Waals surface area contributed by atoms with Crippen LogP contribution in [0, 0.1) is 5.82 Å². The minimum absolute atomic E-state index is 0.00107. The van der Waals surface area contributed by atoms with Crippen molar-refractivity contribution in [1.29, 1.82) is 0 Å². The molecular weight excluding hydrogens is 303 g/mol. The minimum Gasteiger partial charge on any atom is -0.492 e. The van der Waals surface area contributed by atoms with Crippen LogP contribution in [-0.4, -0.2) is 53.7 Å². The zero-order chi connectivity index (χ0) is 16.9. The van der Waals surface area contributed by atoms with Crippen molar-refractivity contribution in [2.24, 2.45) is 0 Å². The third-order valence-corrected chi connectivity index (χ3v) is 3.79. The standard InChI is InChI=1S/C16H21FN2O4/c1-12(20)19-8-3-6-16(22,11-19)15(21)18-7-9-23-14-5-2-4-13(17)10-14/h2,4-5,10,22H,3,6-9,11H2,1H3,(H,18,21)/t16-/m1/s1. The van der Waals surface area contributed by atoms with Gasteiger partial charge in [-0.15, -0.1) is 0 Å². The molecule has 2 amide bonds. The number of hydrogen-bond donors (Lipinski definition) is 2. The smallest absolute Gasteiger partial charge is 0.253 e. The molecule has 1 fully saturated rings. The number of hydrogen-bond acceptors (Lipinski definition) is 4. The first-order chi connectivity index (χ1) is 10.9. The van der Waals surface area contributed by atoms with Gasteiger partial charge in [-0.2, -0.15) is 0 Å². The number of likely N-dealkylation sites (tertiary alicyclic amines) is 1. The number of benzene rings is 1. The number of β-amino-alcohol motifs (C(OH)–C–C–N with tert-alkyl or cyclic N) is 1. The fourth-order valence-electron chi connectivity index (χ4n) is 2.55. The summed E-state index contributed by atoms with van der Waals surface area (Å²) in [6.45, 7) is 2.29. The highest BCUT2D eigenvalue weighted by Gasteiger charge is 2.40. The van der Waals surface area contributed by atoms with E-state index in [4.69, 9.17) is 4.74 Å². The lowest BCUT2D eigenvalue weighted by Crippen LogP contribution is -2.58. The molecule has 0 spiro atoms. The van der Waals surface area contributed by atoms with E-state index in [0.29, 0.717) is 25.1 Å². The van der Waals surface area contributed by atoms with Crippen molar-refractivity contribution in [1.82, 2.24) is 10.2 Å². The van der Waals surface area contributed by atoms with E-state index in [-0.39, 0.29) is 25.6 Å². The third-order valence-electron chi connectivity index (χ3n) is 3.79. The van der Waals surface area contributed by atoms with Crippen molar-refractivity contribution in [2.45, 2.75) is 25.4 Å². The second-order valence-corrected chi connectivity index (χ2v) is 5.64. The maximum atomic E-state index is 13.0. The number of aliphatic hydroxyl groups is 1. The van der Waals surface area contributed by atoms with E-state index in [1.165, 1.54) is 30.0 Å². The Labute approximate surface area is 134 Å². The third kappa shape index (κ3) is 4.66. The van der Waals surface area contributed by atoms with Crippen LogP contribution in [0.4, 0.5) is 4.39 Å². The summed E-state index contributed by atoms with van der Waals surface area (Å²) >= 11 is 0. The van der Waals surface area contributed by atoms with Gasteiger partial charge >= 0.3 is 0 Å². The van der Waals surface area contributed by atoms with E-state index in [1.54, 1.807) is 6.07 Å². The number of rotatable bonds is 5. The van der Waals surface area contributed by atoms with Crippen molar-refractivity contribution >= 4 is 11.8 Å². The molecule has 7 heteroatoms. The van der Waals surface area contributed by atoms with Gasteiger partial charge < -0.3 is 20.1 Å². The summed E-state index contributed by atoms with van der Waals surface area (Å²) in [7, 11) is 0. The van der Waals surface area contributed by atoms with Crippen LogP contribution >= 0.6 is 0 Å². The van der Waals surface area contributed by atoms with Gasteiger partial charge in [-0.1, -0.05) is 6.07 Å². The van der Waals surface area contributed by atoms with E-state index in [2.05, 4.69) is 5.32 Å². The Hall–Kier alpha value is -2.15. The molecular formula is C16H21FN2O4. The normalized spacial score (nSPS) is 20.9. The highest BCUT2D eigenvalue weighted by Crippen LogP contribution is 2.21. The molecule has 2 N–H and O–H groups in total. The van der Waals surface area contributed by atoms with Crippen LogP contribution < -0.4 is 10.1 Å². The molecule has 0 bridgehead atoms. The number of halogens is 1. The predicted octanol–water partition coefficient (Wildman–Crippen LogP) is 0.694. The van der Waals surface area contributed by atoms with Crippen LogP contribution in [0.5, 0.6) is 5.75 Å². The van der Waals surface area contributed by atoms with Crippen molar-refractivity contribution < 1.29 is 23.8 Å². The number of amides is 2. The number of ether oxygens (including phenoxy) is 1. The van der Waals surface area contributed by atoms with Gasteiger partial charge in [0.1, 0.15) is 18.2 Å². The van der Waals surface area contributed by atoms with Gasteiger partial charge in [-0.3, -0.25) is 9.59 Å². The van der Waals surface area contributed by atoms with Crippen molar-refractivity contribution in [3.8, 4) is 5.75 Å². The lowest BCUT2D eigenvalue weighted by Gasteiger charge is -2.37. The molecule has 1 saturated heterocycles. The van der Waals surface area contributed by atoms with Gasteiger partial charge in [-0.05, 0) is 25.0 Å². The summed E-state index contributed by atoms with van der Waals surface area (Å²) in [5, 5.41) is 13.0. The van der Waals surface area contributed by atoms with Gasteiger partial charge in [0.2, 0.25) is 5.91 Å². The average Bonchev–Trinajstić information content (AvgIpc) is 2.51. The molecule has 0 radical (unpaired) electrons. The summed E-state index contributed by atoms with van der Waals surface area (Å²) in [5.41, 5.74) is -1.57. The first-order valence-electron chi connectivity index (χ1n) is 7.55. The Bertz CT molecular complexity index is 581. The lowest BCUT2D eigenvalue weighted by atomic mass is 9.92. The maximum absolute atomic E-state index is 13.0. The second kappa shape index (κ2) is 7.41. The van der Waals surface area contributed by atoms with Gasteiger partial charge in [0, 0.05) is 19.5 Å². The molecule has 2 rings (SSSR count). The molecule has 0 aliphatic carbocycles. The molecule has 0 unspecified atom stereocenters. The molecule has 126 valence electrons. The molecule has 6 nitrogen and oxygen atoms in total. The van der Waals surface area contributed by atoms with Gasteiger partial charge in [0.25, 0.3) is 5.91 Å². The largest absolute Gasteiger partial charge is 0.492 e. The fourth-order valence-corrected chi connectivity index (χ4v) is 2.55. The van der Waals surface area contributed by atoms with Crippen LogP contribution in [0.25, 0.3) is 0 Å². The Morgan fingerprint density at radius 2 is 2.26 bits per heavy atom. The Balaban J connectivity index is 1.78. The summed E-state index contributed by atoms with van der Waals surface area (Å²) in [6, 6.07) is 5.71. The molecule has 1 aromatic rings. The van der Waals surface area contributed by atoms with Gasteiger partial charge in [0.15, 0.2) is 5.60 Å². The van der Waals surface area contributed by atoms with Crippen LogP contribution in [0.1, 0.15) is 19.8 Å². The summed E-state index contributed by atoms with van der Waals surface area (Å²) in [5.74, 6) is -0.706. The number of nitrogens with zero attached hydrogens (tertiary/aromatic N) is 1. The summed E-state index contributed by atoms with van der Waals surface area (Å²) in [4.78, 5) is 25.0. The molecule has 1 aliphatic heterocycles. The van der Waals surface area contributed by atoms with Gasteiger partial charge in [0.05, 0.1) is 13.1 Å². The number of nitrogens with one attached hydrogen (secondary N) is 1. The first kappa shape index (κ1) is 17.2. The second-order valence-electron chi connectivity index (χ2n) is 5.64. The Morgan fingerprint density at radius 3 is 2.96 bits per heavy atom. The van der Waals surface area contributed by atoms with Crippen molar-refractivity contribution in [2.75, 3.05) is 26.2 Å². The van der Waals surface area contributed by atoms with E-state index >= 15 is 0 Å². The summed E-state index contributed by atoms with van der Waals surface area (Å²) < 4.78 is 18.3. The first-order valence-corrected chi connectivity index (χ1v) is 7.55.